The monoisotopic (exact) mass is 184 g/mol. The van der Waals surface area contributed by atoms with Crippen LogP contribution in [0.3, 0.4) is 0 Å². The Kier molecular flexibility index (Phi) is 8.68. The van der Waals surface area contributed by atoms with Crippen molar-refractivity contribution in [3.05, 3.63) is 12.7 Å². The molecule has 0 aliphatic rings. The molecule has 0 saturated carbocycles. The fourth-order valence-corrected chi connectivity index (χ4v) is 0.686. The fourth-order valence-electron chi connectivity index (χ4n) is 0.686. The molecular weight excluding hydrogens is 168 g/mol. The second-order valence-electron chi connectivity index (χ2n) is 2.51. The smallest absolute Gasteiger partial charge is 0.101 e. The first kappa shape index (κ1) is 12.2. The van der Waals surface area contributed by atoms with Gasteiger partial charge < -0.3 is 14.6 Å². The van der Waals surface area contributed by atoms with Crippen LogP contribution in [0.15, 0.2) is 12.7 Å². The molecule has 0 bridgehead atoms. The molecule has 74 valence electrons. The Hall–Kier alpha value is -0.820. The Morgan fingerprint density at radius 3 is 2.77 bits per heavy atom. The Labute approximate surface area is 79.4 Å². The van der Waals surface area contributed by atoms with Crippen molar-refractivity contribution >= 4 is 0 Å². The molecule has 0 radical (unpaired) electrons. The van der Waals surface area contributed by atoms with Gasteiger partial charge in [-0.05, 0) is 0 Å². The zero-order valence-electron chi connectivity index (χ0n) is 7.74. The summed E-state index contributed by atoms with van der Waals surface area (Å²) in [4.78, 5) is 0. The van der Waals surface area contributed by atoms with Gasteiger partial charge in [0.05, 0.1) is 26.4 Å². The summed E-state index contributed by atoms with van der Waals surface area (Å²) in [6.45, 7) is 4.94. The minimum atomic E-state index is -0.585. The molecule has 3 nitrogen and oxygen atoms in total. The Balaban J connectivity index is 3.15. The van der Waals surface area contributed by atoms with Gasteiger partial charge >= 0.3 is 0 Å². The Bertz CT molecular complexity index is 160. The Morgan fingerprint density at radius 1 is 1.46 bits per heavy atom. The van der Waals surface area contributed by atoms with E-state index in [1.54, 1.807) is 6.08 Å². The lowest BCUT2D eigenvalue weighted by Crippen LogP contribution is -2.22. The molecule has 1 unspecified atom stereocenters. The quantitative estimate of drug-likeness (QED) is 0.341. The molecule has 0 aromatic heterocycles. The third-order valence-corrected chi connectivity index (χ3v) is 1.25. The van der Waals surface area contributed by atoms with Gasteiger partial charge in [0.25, 0.3) is 0 Å². The highest BCUT2D eigenvalue weighted by atomic mass is 16.5. The van der Waals surface area contributed by atoms with Crippen molar-refractivity contribution in [1.82, 2.24) is 0 Å². The third-order valence-electron chi connectivity index (χ3n) is 1.25. The van der Waals surface area contributed by atoms with Crippen molar-refractivity contribution in [3.63, 3.8) is 0 Å². The van der Waals surface area contributed by atoms with Crippen molar-refractivity contribution in [2.24, 2.45) is 0 Å². The summed E-state index contributed by atoms with van der Waals surface area (Å²) >= 11 is 0. The number of rotatable bonds is 8. The molecule has 0 fully saturated rings. The average molecular weight is 184 g/mol. The van der Waals surface area contributed by atoms with E-state index in [4.69, 9.17) is 15.9 Å². The fraction of sp³-hybridized carbons (Fsp3) is 0.600. The minimum absolute atomic E-state index is 0.263. The van der Waals surface area contributed by atoms with Crippen LogP contribution in [0, 0.1) is 12.3 Å². The molecule has 0 aromatic carbocycles. The van der Waals surface area contributed by atoms with E-state index < -0.39 is 6.10 Å². The average Bonchev–Trinajstić information content (AvgIpc) is 2.13. The van der Waals surface area contributed by atoms with E-state index in [-0.39, 0.29) is 13.2 Å². The molecule has 1 N–H and O–H groups in total. The highest BCUT2D eigenvalue weighted by Crippen LogP contribution is 1.89. The maximum atomic E-state index is 9.24. The molecule has 0 rings (SSSR count). The molecular formula is C10H16O3. The number of terminal acetylenes is 1. The molecule has 0 aliphatic heterocycles. The first-order valence-corrected chi connectivity index (χ1v) is 4.19. The summed E-state index contributed by atoms with van der Waals surface area (Å²) in [7, 11) is 0. The van der Waals surface area contributed by atoms with Gasteiger partial charge in [0.2, 0.25) is 0 Å². The standard InChI is InChI=1S/C10H16O3/c1-3-5-7-13-9-10(11)8-12-6-4-2/h1,4,10-11H,2,5-9H2. The van der Waals surface area contributed by atoms with Crippen LogP contribution >= 0.6 is 0 Å². The lowest BCUT2D eigenvalue weighted by molar-refractivity contribution is -0.0116. The summed E-state index contributed by atoms with van der Waals surface area (Å²) in [6, 6.07) is 0. The van der Waals surface area contributed by atoms with Gasteiger partial charge in [-0.3, -0.25) is 0 Å². The van der Waals surface area contributed by atoms with Crippen LogP contribution in [-0.2, 0) is 9.47 Å². The largest absolute Gasteiger partial charge is 0.388 e. The van der Waals surface area contributed by atoms with Gasteiger partial charge in [0.1, 0.15) is 6.10 Å². The van der Waals surface area contributed by atoms with Crippen LogP contribution in [0.2, 0.25) is 0 Å². The van der Waals surface area contributed by atoms with E-state index >= 15 is 0 Å². The van der Waals surface area contributed by atoms with E-state index in [0.717, 1.165) is 0 Å². The number of aliphatic hydroxyl groups excluding tert-OH is 1. The van der Waals surface area contributed by atoms with Gasteiger partial charge in [-0.15, -0.1) is 18.9 Å². The minimum Gasteiger partial charge on any atom is -0.388 e. The topological polar surface area (TPSA) is 38.7 Å². The maximum absolute atomic E-state index is 9.24. The predicted octanol–water partition coefficient (Wildman–Crippen LogP) is 0.590. The van der Waals surface area contributed by atoms with Crippen LogP contribution in [0.5, 0.6) is 0 Å². The second-order valence-corrected chi connectivity index (χ2v) is 2.51. The van der Waals surface area contributed by atoms with Crippen molar-refractivity contribution in [3.8, 4) is 12.3 Å². The van der Waals surface area contributed by atoms with E-state index in [1.807, 2.05) is 0 Å². The molecule has 0 heterocycles. The molecule has 1 atom stereocenters. The van der Waals surface area contributed by atoms with Crippen LogP contribution in [-0.4, -0.2) is 37.6 Å². The summed E-state index contributed by atoms with van der Waals surface area (Å²) in [5, 5.41) is 9.24. The van der Waals surface area contributed by atoms with E-state index in [2.05, 4.69) is 12.5 Å². The maximum Gasteiger partial charge on any atom is 0.101 e. The molecule has 0 saturated heterocycles. The van der Waals surface area contributed by atoms with Gasteiger partial charge in [0.15, 0.2) is 0 Å². The van der Waals surface area contributed by atoms with E-state index in [1.165, 1.54) is 0 Å². The van der Waals surface area contributed by atoms with Gasteiger partial charge in [-0.2, -0.15) is 0 Å². The highest BCUT2D eigenvalue weighted by Gasteiger charge is 2.02. The van der Waals surface area contributed by atoms with Crippen LogP contribution in [0.25, 0.3) is 0 Å². The molecule has 3 heteroatoms. The van der Waals surface area contributed by atoms with Gasteiger partial charge in [-0.25, -0.2) is 0 Å². The van der Waals surface area contributed by atoms with Crippen molar-refractivity contribution in [2.75, 3.05) is 26.4 Å². The van der Waals surface area contributed by atoms with Crippen LogP contribution in [0.1, 0.15) is 6.42 Å². The molecule has 0 spiro atoms. The summed E-state index contributed by atoms with van der Waals surface area (Å²) in [5.41, 5.74) is 0. The molecule has 0 aliphatic carbocycles. The SMILES string of the molecule is C#CCCOCC(O)COCC=C. The van der Waals surface area contributed by atoms with Crippen LogP contribution in [0.4, 0.5) is 0 Å². The molecule has 13 heavy (non-hydrogen) atoms. The summed E-state index contributed by atoms with van der Waals surface area (Å²) < 4.78 is 10.1. The van der Waals surface area contributed by atoms with Crippen molar-refractivity contribution < 1.29 is 14.6 Å². The first-order valence-electron chi connectivity index (χ1n) is 4.19. The third kappa shape index (κ3) is 9.09. The normalized spacial score (nSPS) is 12.0. The zero-order valence-corrected chi connectivity index (χ0v) is 7.74. The van der Waals surface area contributed by atoms with Gasteiger partial charge in [0, 0.05) is 6.42 Å². The van der Waals surface area contributed by atoms with Crippen molar-refractivity contribution in [1.29, 1.82) is 0 Å². The molecule has 0 aromatic rings. The number of hydrogen-bond donors (Lipinski definition) is 1. The predicted molar refractivity (Wildman–Crippen MR) is 51.3 cm³/mol. The lowest BCUT2D eigenvalue weighted by Gasteiger charge is -2.09. The van der Waals surface area contributed by atoms with Crippen LogP contribution < -0.4 is 0 Å². The summed E-state index contributed by atoms with van der Waals surface area (Å²) in [5.74, 6) is 2.44. The van der Waals surface area contributed by atoms with Crippen molar-refractivity contribution in [2.45, 2.75) is 12.5 Å². The number of aliphatic hydroxyl groups is 1. The zero-order chi connectivity index (χ0) is 9.94. The first-order chi connectivity index (χ1) is 6.31. The summed E-state index contributed by atoms with van der Waals surface area (Å²) in [6.07, 6.45) is 6.63. The van der Waals surface area contributed by atoms with Gasteiger partial charge in [-0.1, -0.05) is 6.08 Å². The number of hydrogen-bond acceptors (Lipinski definition) is 3. The van der Waals surface area contributed by atoms with E-state index in [9.17, 15) is 5.11 Å². The molecule has 0 amide bonds. The second kappa shape index (κ2) is 9.27. The number of ether oxygens (including phenoxy) is 2. The lowest BCUT2D eigenvalue weighted by atomic mass is 10.4. The highest BCUT2D eigenvalue weighted by molar-refractivity contribution is 4.82. The Morgan fingerprint density at radius 2 is 2.15 bits per heavy atom. The van der Waals surface area contributed by atoms with E-state index in [0.29, 0.717) is 19.6 Å².